The highest BCUT2D eigenvalue weighted by Gasteiger charge is 2.47. The fraction of sp³-hybridized carbons (Fsp3) is 0.273. The van der Waals surface area contributed by atoms with Crippen molar-refractivity contribution in [2.75, 3.05) is 11.9 Å². The number of carbonyl (C=O) groups excluding carboxylic acids is 4. The van der Waals surface area contributed by atoms with Gasteiger partial charge in [0, 0.05) is 5.56 Å². The van der Waals surface area contributed by atoms with E-state index in [1.807, 2.05) is 30.3 Å². The van der Waals surface area contributed by atoms with Crippen LogP contribution < -0.4 is 10.6 Å². The zero-order chi connectivity index (χ0) is 21.0. The summed E-state index contributed by atoms with van der Waals surface area (Å²) in [6, 6.07) is 15.7. The zero-order valence-electron chi connectivity index (χ0n) is 16.4. The molecule has 0 bridgehead atoms. The van der Waals surface area contributed by atoms with Gasteiger partial charge in [-0.3, -0.25) is 19.3 Å². The van der Waals surface area contributed by atoms with Gasteiger partial charge in [0.2, 0.25) is 5.91 Å². The van der Waals surface area contributed by atoms with Gasteiger partial charge in [0.1, 0.15) is 12.1 Å². The summed E-state index contributed by atoms with van der Waals surface area (Å²) >= 11 is 0. The highest BCUT2D eigenvalue weighted by atomic mass is 16.2. The number of hydrogen-bond acceptors (Lipinski definition) is 4. The van der Waals surface area contributed by atoms with E-state index < -0.39 is 29.9 Å². The zero-order valence-corrected chi connectivity index (χ0v) is 16.4. The van der Waals surface area contributed by atoms with E-state index in [1.54, 1.807) is 31.2 Å². The van der Waals surface area contributed by atoms with Crippen molar-refractivity contribution in [1.29, 1.82) is 0 Å². The van der Waals surface area contributed by atoms with Gasteiger partial charge in [-0.1, -0.05) is 42.5 Å². The first kappa shape index (κ1) is 20.3. The number of hydrogen-bond donors (Lipinski definition) is 2. The van der Waals surface area contributed by atoms with E-state index in [-0.39, 0.29) is 5.78 Å². The average molecular weight is 393 g/mol. The van der Waals surface area contributed by atoms with E-state index in [9.17, 15) is 19.2 Å². The molecule has 2 N–H and O–H groups in total. The van der Waals surface area contributed by atoms with Crippen LogP contribution in [0.25, 0.3) is 0 Å². The monoisotopic (exact) mass is 393 g/mol. The van der Waals surface area contributed by atoms with Crippen molar-refractivity contribution >= 4 is 29.3 Å². The van der Waals surface area contributed by atoms with Crippen LogP contribution in [0.3, 0.4) is 0 Å². The molecule has 150 valence electrons. The van der Waals surface area contributed by atoms with Gasteiger partial charge in [0.25, 0.3) is 5.91 Å². The first-order chi connectivity index (χ1) is 13.8. The van der Waals surface area contributed by atoms with Crippen LogP contribution in [-0.2, 0) is 16.0 Å². The number of rotatable bonds is 7. The number of carbonyl (C=O) groups is 4. The SMILES string of the molecule is CC(=O)c1ccccc1NC(=O)CN1C(=O)N[C@@](C)(CCc2ccccc2)C1=O. The highest BCUT2D eigenvalue weighted by Crippen LogP contribution is 2.23. The summed E-state index contributed by atoms with van der Waals surface area (Å²) in [5.41, 5.74) is 0.715. The van der Waals surface area contributed by atoms with Crippen molar-refractivity contribution in [3.63, 3.8) is 0 Å². The van der Waals surface area contributed by atoms with Crippen LogP contribution in [0, 0.1) is 0 Å². The fourth-order valence-corrected chi connectivity index (χ4v) is 3.33. The molecule has 1 saturated heterocycles. The van der Waals surface area contributed by atoms with Gasteiger partial charge in [-0.2, -0.15) is 0 Å². The number of urea groups is 1. The van der Waals surface area contributed by atoms with Crippen molar-refractivity contribution < 1.29 is 19.2 Å². The van der Waals surface area contributed by atoms with Gasteiger partial charge < -0.3 is 10.6 Å². The van der Waals surface area contributed by atoms with Gasteiger partial charge in [0.05, 0.1) is 5.69 Å². The quantitative estimate of drug-likeness (QED) is 0.558. The molecule has 1 fully saturated rings. The number of anilines is 1. The summed E-state index contributed by atoms with van der Waals surface area (Å²) < 4.78 is 0. The lowest BCUT2D eigenvalue weighted by Crippen LogP contribution is -2.45. The Labute approximate surface area is 169 Å². The Kier molecular flexibility index (Phi) is 5.77. The van der Waals surface area contributed by atoms with Crippen molar-refractivity contribution in [3.8, 4) is 0 Å². The lowest BCUT2D eigenvalue weighted by atomic mass is 9.93. The second kappa shape index (κ2) is 8.26. The van der Waals surface area contributed by atoms with Gasteiger partial charge in [-0.05, 0) is 44.4 Å². The molecule has 3 rings (SSSR count). The molecule has 0 unspecified atom stereocenters. The molecule has 0 radical (unpaired) electrons. The van der Waals surface area contributed by atoms with Crippen molar-refractivity contribution in [2.45, 2.75) is 32.2 Å². The number of benzene rings is 2. The van der Waals surface area contributed by atoms with Crippen molar-refractivity contribution in [2.24, 2.45) is 0 Å². The third kappa shape index (κ3) is 4.51. The number of aryl methyl sites for hydroxylation is 1. The molecule has 4 amide bonds. The Morgan fingerprint density at radius 1 is 1.03 bits per heavy atom. The van der Waals surface area contributed by atoms with E-state index in [0.29, 0.717) is 24.1 Å². The van der Waals surface area contributed by atoms with Crippen molar-refractivity contribution in [3.05, 3.63) is 65.7 Å². The second-order valence-electron chi connectivity index (χ2n) is 7.29. The Morgan fingerprint density at radius 2 is 1.69 bits per heavy atom. The fourth-order valence-electron chi connectivity index (χ4n) is 3.33. The predicted octanol–water partition coefficient (Wildman–Crippen LogP) is 2.77. The molecule has 1 aliphatic rings. The molecule has 0 spiro atoms. The van der Waals surface area contributed by atoms with Gasteiger partial charge >= 0.3 is 6.03 Å². The lowest BCUT2D eigenvalue weighted by Gasteiger charge is -2.21. The normalized spacial score (nSPS) is 18.5. The van der Waals surface area contributed by atoms with E-state index in [4.69, 9.17) is 0 Å². The lowest BCUT2D eigenvalue weighted by molar-refractivity contribution is -0.133. The number of Topliss-reactive ketones (excluding diaryl/α,β-unsaturated/α-hetero) is 1. The maximum Gasteiger partial charge on any atom is 0.325 e. The van der Waals surface area contributed by atoms with E-state index in [1.165, 1.54) is 6.92 Å². The summed E-state index contributed by atoms with van der Waals surface area (Å²) in [7, 11) is 0. The molecule has 1 aliphatic heterocycles. The van der Waals surface area contributed by atoms with Crippen LogP contribution >= 0.6 is 0 Å². The second-order valence-corrected chi connectivity index (χ2v) is 7.29. The molecule has 0 aliphatic carbocycles. The van der Waals surface area contributed by atoms with E-state index in [2.05, 4.69) is 10.6 Å². The third-order valence-electron chi connectivity index (χ3n) is 4.98. The molecule has 7 heteroatoms. The molecule has 1 atom stereocenters. The minimum absolute atomic E-state index is 0.190. The van der Waals surface area contributed by atoms with Gasteiger partial charge in [-0.25, -0.2) is 4.79 Å². The van der Waals surface area contributed by atoms with Crippen molar-refractivity contribution in [1.82, 2.24) is 10.2 Å². The number of amides is 4. The molecule has 2 aromatic rings. The molecule has 0 aromatic heterocycles. The van der Waals surface area contributed by atoms with Crippen LogP contribution in [-0.4, -0.2) is 40.6 Å². The summed E-state index contributed by atoms with van der Waals surface area (Å²) in [5.74, 6) is -1.17. The number of ketones is 1. The topological polar surface area (TPSA) is 95.6 Å². The van der Waals surface area contributed by atoms with Gasteiger partial charge in [0.15, 0.2) is 5.78 Å². The van der Waals surface area contributed by atoms with Crippen LogP contribution in [0.2, 0.25) is 0 Å². The Hall–Kier alpha value is -3.48. The maximum atomic E-state index is 12.8. The maximum absolute atomic E-state index is 12.8. The number of imide groups is 1. The summed E-state index contributed by atoms with van der Waals surface area (Å²) in [6.07, 6.45) is 1.04. The smallest absolute Gasteiger partial charge is 0.324 e. The molecule has 2 aromatic carbocycles. The molecule has 7 nitrogen and oxygen atoms in total. The average Bonchev–Trinajstić information content (AvgIpc) is 2.91. The summed E-state index contributed by atoms with van der Waals surface area (Å²) in [4.78, 5) is 50.2. The number of nitrogens with zero attached hydrogens (tertiary/aromatic N) is 1. The molecular weight excluding hydrogens is 370 g/mol. The molecular formula is C22H23N3O4. The minimum Gasteiger partial charge on any atom is -0.324 e. The van der Waals surface area contributed by atoms with E-state index in [0.717, 1.165) is 10.5 Å². The van der Waals surface area contributed by atoms with E-state index >= 15 is 0 Å². The Bertz CT molecular complexity index is 958. The first-order valence-electron chi connectivity index (χ1n) is 9.38. The van der Waals surface area contributed by atoms with Gasteiger partial charge in [-0.15, -0.1) is 0 Å². The highest BCUT2D eigenvalue weighted by molar-refractivity contribution is 6.10. The number of nitrogens with one attached hydrogen (secondary N) is 2. The largest absolute Gasteiger partial charge is 0.325 e. The van der Waals surface area contributed by atoms with Crippen LogP contribution in [0.1, 0.15) is 36.2 Å². The van der Waals surface area contributed by atoms with Crippen LogP contribution in [0.5, 0.6) is 0 Å². The predicted molar refractivity (Wildman–Crippen MR) is 108 cm³/mol. The molecule has 29 heavy (non-hydrogen) atoms. The standard InChI is InChI=1S/C22H23N3O4/c1-15(26)17-10-6-7-11-18(17)23-19(27)14-25-20(28)22(2,24-21(25)29)13-12-16-8-4-3-5-9-16/h3-11H,12-14H2,1-2H3,(H,23,27)(H,24,29)/t22-/m0/s1. The molecule has 1 heterocycles. The van der Waals surface area contributed by atoms with Crippen LogP contribution in [0.15, 0.2) is 54.6 Å². The first-order valence-corrected chi connectivity index (χ1v) is 9.38. The Morgan fingerprint density at radius 3 is 2.38 bits per heavy atom. The third-order valence-corrected chi connectivity index (χ3v) is 4.98. The summed E-state index contributed by atoms with van der Waals surface area (Å²) in [5, 5.41) is 5.31. The summed E-state index contributed by atoms with van der Waals surface area (Å²) in [6.45, 7) is 2.65. The minimum atomic E-state index is -1.06. The van der Waals surface area contributed by atoms with Crippen LogP contribution in [0.4, 0.5) is 10.5 Å². The Balaban J connectivity index is 1.65. The number of para-hydroxylation sites is 1. The molecule has 0 saturated carbocycles.